The van der Waals surface area contributed by atoms with Crippen LogP contribution in [-0.2, 0) is 19.2 Å². The van der Waals surface area contributed by atoms with Crippen molar-refractivity contribution in [1.29, 1.82) is 0 Å². The third kappa shape index (κ3) is 4.52. The van der Waals surface area contributed by atoms with Gasteiger partial charge < -0.3 is 0 Å². The van der Waals surface area contributed by atoms with Gasteiger partial charge in [0.2, 0.25) is 11.8 Å². The van der Waals surface area contributed by atoms with Gasteiger partial charge >= 0.3 is 0 Å². The highest BCUT2D eigenvalue weighted by molar-refractivity contribution is 7.98. The minimum atomic E-state index is -1.24. The third-order valence-corrected chi connectivity index (χ3v) is 5.94. The molecule has 140 valence electrons. The number of carbonyl (C=O) groups is 4. The lowest BCUT2D eigenvalue weighted by Gasteiger charge is -2.28. The maximum Gasteiger partial charge on any atom is 0.248 e. The third-order valence-electron chi connectivity index (χ3n) is 5.29. The van der Waals surface area contributed by atoms with Gasteiger partial charge in [0.1, 0.15) is 6.04 Å². The molecule has 2 unspecified atom stereocenters. The molecular formula is C19H29NO4S. The first-order chi connectivity index (χ1) is 12.0. The molecule has 2 aliphatic rings. The quantitative estimate of drug-likeness (QED) is 0.487. The molecule has 2 atom stereocenters. The molecule has 0 bridgehead atoms. The zero-order valence-corrected chi connectivity index (χ0v) is 16.1. The van der Waals surface area contributed by atoms with Gasteiger partial charge in [-0.05, 0) is 37.7 Å². The highest BCUT2D eigenvalue weighted by Crippen LogP contribution is 2.32. The molecule has 2 fully saturated rings. The van der Waals surface area contributed by atoms with E-state index in [4.69, 9.17) is 0 Å². The highest BCUT2D eigenvalue weighted by Gasteiger charge is 2.53. The second-order valence-electron chi connectivity index (χ2n) is 7.08. The van der Waals surface area contributed by atoms with Crippen molar-refractivity contribution < 1.29 is 19.2 Å². The van der Waals surface area contributed by atoms with E-state index in [1.807, 2.05) is 13.2 Å². The van der Waals surface area contributed by atoms with E-state index >= 15 is 0 Å². The minimum absolute atomic E-state index is 0.174. The largest absolute Gasteiger partial charge is 0.298 e. The van der Waals surface area contributed by atoms with Crippen LogP contribution in [0.3, 0.4) is 0 Å². The summed E-state index contributed by atoms with van der Waals surface area (Å²) in [6, 6.07) is -0.745. The zero-order valence-electron chi connectivity index (χ0n) is 15.3. The maximum atomic E-state index is 12.9. The van der Waals surface area contributed by atoms with E-state index < -0.39 is 17.9 Å². The molecule has 1 saturated carbocycles. The van der Waals surface area contributed by atoms with Crippen molar-refractivity contribution in [3.05, 3.63) is 0 Å². The van der Waals surface area contributed by atoms with Gasteiger partial charge in [0.25, 0.3) is 0 Å². The standard InChI is InChI=1S/C19H29NO4S/c1-3-4-10-15(21)16-17(22)14(11-12-25-2)20(19(16)24)18(23)13-8-6-5-7-9-13/h13-14,16H,3-12H2,1-2H3. The van der Waals surface area contributed by atoms with Crippen LogP contribution in [0.15, 0.2) is 0 Å². The van der Waals surface area contributed by atoms with Gasteiger partial charge in [-0.25, -0.2) is 0 Å². The monoisotopic (exact) mass is 367 g/mol. The van der Waals surface area contributed by atoms with E-state index in [0.717, 1.165) is 38.5 Å². The van der Waals surface area contributed by atoms with E-state index in [2.05, 4.69) is 0 Å². The topological polar surface area (TPSA) is 71.5 Å². The number of unbranched alkanes of at least 4 members (excludes halogenated alkanes) is 1. The molecule has 1 heterocycles. The van der Waals surface area contributed by atoms with Gasteiger partial charge in [-0.15, -0.1) is 0 Å². The Morgan fingerprint density at radius 1 is 1.16 bits per heavy atom. The molecule has 0 radical (unpaired) electrons. The van der Waals surface area contributed by atoms with E-state index in [9.17, 15) is 19.2 Å². The van der Waals surface area contributed by atoms with Crippen LogP contribution < -0.4 is 0 Å². The normalized spacial score (nSPS) is 24.8. The molecular weight excluding hydrogens is 338 g/mol. The first kappa shape index (κ1) is 20.1. The predicted molar refractivity (Wildman–Crippen MR) is 98.2 cm³/mol. The van der Waals surface area contributed by atoms with Crippen molar-refractivity contribution in [2.45, 2.75) is 70.8 Å². The molecule has 1 aliphatic carbocycles. The van der Waals surface area contributed by atoms with Gasteiger partial charge in [-0.1, -0.05) is 32.6 Å². The summed E-state index contributed by atoms with van der Waals surface area (Å²) < 4.78 is 0. The van der Waals surface area contributed by atoms with Crippen molar-refractivity contribution in [2.24, 2.45) is 11.8 Å². The average Bonchev–Trinajstić information content (AvgIpc) is 2.88. The fourth-order valence-electron chi connectivity index (χ4n) is 3.84. The number of Topliss-reactive ketones (excluding diaryl/α,β-unsaturated/α-hetero) is 2. The summed E-state index contributed by atoms with van der Waals surface area (Å²) in [7, 11) is 0. The number of rotatable bonds is 8. The van der Waals surface area contributed by atoms with Crippen LogP contribution in [0.4, 0.5) is 0 Å². The van der Waals surface area contributed by atoms with Crippen LogP contribution in [0.25, 0.3) is 0 Å². The first-order valence-corrected chi connectivity index (χ1v) is 10.8. The molecule has 0 aromatic rings. The van der Waals surface area contributed by atoms with E-state index in [1.54, 1.807) is 11.8 Å². The van der Waals surface area contributed by atoms with Gasteiger partial charge in [-0.2, -0.15) is 11.8 Å². The van der Waals surface area contributed by atoms with Gasteiger partial charge in [-0.3, -0.25) is 24.1 Å². The van der Waals surface area contributed by atoms with Crippen LogP contribution in [-0.4, -0.2) is 46.3 Å². The fraction of sp³-hybridized carbons (Fsp3) is 0.789. The molecule has 0 aromatic heterocycles. The number of ketones is 2. The Hall–Kier alpha value is -1.17. The molecule has 0 spiro atoms. The van der Waals surface area contributed by atoms with Crippen molar-refractivity contribution >= 4 is 35.1 Å². The SMILES string of the molecule is CCCCC(=O)C1C(=O)C(CCSC)N(C(=O)C2CCCCC2)C1=O. The Labute approximate surface area is 154 Å². The second kappa shape index (κ2) is 9.51. The highest BCUT2D eigenvalue weighted by atomic mass is 32.2. The summed E-state index contributed by atoms with van der Waals surface area (Å²) in [4.78, 5) is 52.1. The number of imide groups is 1. The Balaban J connectivity index is 2.21. The maximum absolute atomic E-state index is 12.9. The lowest BCUT2D eigenvalue weighted by molar-refractivity contribution is -0.149. The van der Waals surface area contributed by atoms with Crippen LogP contribution in [0.1, 0.15) is 64.7 Å². The van der Waals surface area contributed by atoms with E-state index in [1.165, 1.54) is 4.90 Å². The number of nitrogens with zero attached hydrogens (tertiary/aromatic N) is 1. The zero-order chi connectivity index (χ0) is 18.4. The molecule has 5 nitrogen and oxygen atoms in total. The molecule has 0 aromatic carbocycles. The molecule has 6 heteroatoms. The van der Waals surface area contributed by atoms with Gasteiger partial charge in [0.05, 0.1) is 0 Å². The second-order valence-corrected chi connectivity index (χ2v) is 8.07. The number of likely N-dealkylation sites (tertiary alicyclic amines) is 1. The smallest absolute Gasteiger partial charge is 0.248 e. The lowest BCUT2D eigenvalue weighted by Crippen LogP contribution is -2.44. The number of thioether (sulfide) groups is 1. The van der Waals surface area contributed by atoms with Crippen LogP contribution in [0.2, 0.25) is 0 Å². The Bertz CT molecular complexity index is 528. The van der Waals surface area contributed by atoms with Crippen molar-refractivity contribution in [3.63, 3.8) is 0 Å². The molecule has 1 aliphatic heterocycles. The van der Waals surface area contributed by atoms with E-state index in [-0.39, 0.29) is 29.8 Å². The summed E-state index contributed by atoms with van der Waals surface area (Å²) in [5.74, 6) is -2.19. The number of amides is 2. The number of carbonyl (C=O) groups excluding carboxylic acids is 4. The number of hydrogen-bond acceptors (Lipinski definition) is 5. The molecule has 1 saturated heterocycles. The van der Waals surface area contributed by atoms with Gasteiger partial charge in [0.15, 0.2) is 17.5 Å². The molecule has 2 rings (SSSR count). The fourth-order valence-corrected chi connectivity index (χ4v) is 4.29. The van der Waals surface area contributed by atoms with Crippen LogP contribution >= 0.6 is 11.8 Å². The van der Waals surface area contributed by atoms with E-state index in [0.29, 0.717) is 18.6 Å². The van der Waals surface area contributed by atoms with Crippen LogP contribution in [0, 0.1) is 11.8 Å². The average molecular weight is 368 g/mol. The summed E-state index contributed by atoms with van der Waals surface area (Å²) in [5, 5.41) is 0. The summed E-state index contributed by atoms with van der Waals surface area (Å²) >= 11 is 1.58. The summed E-state index contributed by atoms with van der Waals surface area (Å²) in [5.41, 5.74) is 0. The lowest BCUT2D eigenvalue weighted by atomic mass is 9.88. The minimum Gasteiger partial charge on any atom is -0.298 e. The van der Waals surface area contributed by atoms with Crippen molar-refractivity contribution in [2.75, 3.05) is 12.0 Å². The Kier molecular flexibility index (Phi) is 7.66. The van der Waals surface area contributed by atoms with Crippen LogP contribution in [0.5, 0.6) is 0 Å². The number of hydrogen-bond donors (Lipinski definition) is 0. The Morgan fingerprint density at radius 2 is 1.84 bits per heavy atom. The summed E-state index contributed by atoms with van der Waals surface area (Å²) in [6.07, 6.45) is 8.76. The van der Waals surface area contributed by atoms with Crippen molar-refractivity contribution in [3.8, 4) is 0 Å². The molecule has 25 heavy (non-hydrogen) atoms. The molecule has 0 N–H and O–H groups in total. The Morgan fingerprint density at radius 3 is 2.44 bits per heavy atom. The predicted octanol–water partition coefficient (Wildman–Crippen LogP) is 3.00. The van der Waals surface area contributed by atoms with Crippen molar-refractivity contribution in [1.82, 2.24) is 4.90 Å². The first-order valence-electron chi connectivity index (χ1n) is 9.45. The molecule has 2 amide bonds. The summed E-state index contributed by atoms with van der Waals surface area (Å²) in [6.45, 7) is 1.96. The van der Waals surface area contributed by atoms with Gasteiger partial charge in [0, 0.05) is 12.3 Å².